The molecular weight excluding hydrogens is 297 g/mol. The molecule has 3 amide bonds. The summed E-state index contributed by atoms with van der Waals surface area (Å²) in [6.45, 7) is 0. The number of para-hydroxylation sites is 2. The second-order valence-electron chi connectivity index (χ2n) is 4.26. The summed E-state index contributed by atoms with van der Waals surface area (Å²) in [5.41, 5.74) is 0.669. The summed E-state index contributed by atoms with van der Waals surface area (Å²) in [5.74, 6) is -2.31. The van der Waals surface area contributed by atoms with Gasteiger partial charge in [0, 0.05) is 0 Å². The van der Waals surface area contributed by atoms with Crippen LogP contribution in [0.25, 0.3) is 0 Å². The molecule has 2 aromatic rings. The van der Waals surface area contributed by atoms with Gasteiger partial charge in [-0.2, -0.15) is 13.2 Å². The highest BCUT2D eigenvalue weighted by Gasteiger charge is 2.40. The third kappa shape index (κ3) is 3.63. The predicted molar refractivity (Wildman–Crippen MR) is 74.6 cm³/mol. The van der Waals surface area contributed by atoms with E-state index in [2.05, 4.69) is 0 Å². The molecule has 22 heavy (non-hydrogen) atoms. The van der Waals surface area contributed by atoms with Gasteiger partial charge in [-0.25, -0.2) is 4.79 Å². The van der Waals surface area contributed by atoms with Crippen molar-refractivity contribution < 1.29 is 22.8 Å². The van der Waals surface area contributed by atoms with Crippen LogP contribution >= 0.6 is 0 Å². The fraction of sp³-hybridized carbons (Fsp3) is 0.0667. The zero-order chi connectivity index (χ0) is 16.2. The first-order chi connectivity index (χ1) is 10.4. The van der Waals surface area contributed by atoms with Crippen LogP contribution < -0.4 is 10.2 Å². The number of urea groups is 1. The molecule has 0 atom stereocenters. The van der Waals surface area contributed by atoms with Crippen LogP contribution in [0.4, 0.5) is 29.3 Å². The van der Waals surface area contributed by atoms with E-state index >= 15 is 0 Å². The zero-order valence-electron chi connectivity index (χ0n) is 11.2. The summed E-state index contributed by atoms with van der Waals surface area (Å²) in [6.07, 6.45) is -5.13. The molecule has 0 bridgehead atoms. The standard InChI is InChI=1S/C15H11F3N2O2/c16-15(17,18)13(21)19-14(22)20(11-7-3-1-4-8-11)12-9-5-2-6-10-12/h1-10H,(H,19,21,22). The lowest BCUT2D eigenvalue weighted by Crippen LogP contribution is -2.46. The van der Waals surface area contributed by atoms with E-state index in [0.717, 1.165) is 4.90 Å². The van der Waals surface area contributed by atoms with Crippen molar-refractivity contribution in [1.82, 2.24) is 5.32 Å². The van der Waals surface area contributed by atoms with Gasteiger partial charge < -0.3 is 0 Å². The summed E-state index contributed by atoms with van der Waals surface area (Å²) < 4.78 is 36.9. The van der Waals surface area contributed by atoms with Crippen molar-refractivity contribution in [2.75, 3.05) is 4.90 Å². The lowest BCUT2D eigenvalue weighted by atomic mass is 10.2. The first kappa shape index (κ1) is 15.6. The molecule has 2 aromatic carbocycles. The van der Waals surface area contributed by atoms with Gasteiger partial charge in [0.15, 0.2) is 0 Å². The van der Waals surface area contributed by atoms with Gasteiger partial charge in [0.25, 0.3) is 0 Å². The average molecular weight is 308 g/mol. The molecule has 0 aliphatic rings. The minimum atomic E-state index is -5.13. The lowest BCUT2D eigenvalue weighted by Gasteiger charge is -2.23. The smallest absolute Gasteiger partial charge is 0.269 e. The third-order valence-corrected chi connectivity index (χ3v) is 2.71. The Labute approximate surface area is 124 Å². The fourth-order valence-corrected chi connectivity index (χ4v) is 1.76. The van der Waals surface area contributed by atoms with Gasteiger partial charge in [0.2, 0.25) is 0 Å². The van der Waals surface area contributed by atoms with Gasteiger partial charge in [0.1, 0.15) is 0 Å². The van der Waals surface area contributed by atoms with Crippen LogP contribution in [0.15, 0.2) is 60.7 Å². The fourth-order valence-electron chi connectivity index (χ4n) is 1.76. The van der Waals surface area contributed by atoms with E-state index in [9.17, 15) is 22.8 Å². The number of hydrogen-bond donors (Lipinski definition) is 1. The van der Waals surface area contributed by atoms with Crippen LogP contribution in [0.3, 0.4) is 0 Å². The number of nitrogens with one attached hydrogen (secondary N) is 1. The first-order valence-electron chi connectivity index (χ1n) is 6.22. The highest BCUT2D eigenvalue weighted by Crippen LogP contribution is 2.25. The molecule has 0 heterocycles. The van der Waals surface area contributed by atoms with Crippen LogP contribution in [0.2, 0.25) is 0 Å². The van der Waals surface area contributed by atoms with Gasteiger partial charge in [-0.05, 0) is 24.3 Å². The van der Waals surface area contributed by atoms with Gasteiger partial charge >= 0.3 is 18.1 Å². The Morgan fingerprint density at radius 2 is 1.23 bits per heavy atom. The second-order valence-corrected chi connectivity index (χ2v) is 4.26. The highest BCUT2D eigenvalue weighted by molar-refractivity contribution is 6.08. The van der Waals surface area contributed by atoms with E-state index in [1.807, 2.05) is 0 Å². The lowest BCUT2D eigenvalue weighted by molar-refractivity contribution is -0.172. The first-order valence-corrected chi connectivity index (χ1v) is 6.22. The predicted octanol–water partition coefficient (Wildman–Crippen LogP) is 3.62. The van der Waals surface area contributed by atoms with Crippen molar-refractivity contribution in [1.29, 1.82) is 0 Å². The SMILES string of the molecule is O=C(NC(=O)C(F)(F)F)N(c1ccccc1)c1ccccc1. The van der Waals surface area contributed by atoms with Gasteiger partial charge in [0.05, 0.1) is 11.4 Å². The molecule has 0 saturated carbocycles. The minimum Gasteiger partial charge on any atom is -0.269 e. The summed E-state index contributed by atoms with van der Waals surface area (Å²) in [6, 6.07) is 14.9. The summed E-state index contributed by atoms with van der Waals surface area (Å²) in [4.78, 5) is 24.0. The number of carbonyl (C=O) groups excluding carboxylic acids is 2. The van der Waals surface area contributed by atoms with Crippen molar-refractivity contribution in [3.8, 4) is 0 Å². The maximum Gasteiger partial charge on any atom is 0.471 e. The number of anilines is 2. The topological polar surface area (TPSA) is 49.4 Å². The van der Waals surface area contributed by atoms with E-state index < -0.39 is 18.1 Å². The van der Waals surface area contributed by atoms with Crippen molar-refractivity contribution in [3.63, 3.8) is 0 Å². The molecule has 0 aliphatic heterocycles. The average Bonchev–Trinajstić information content (AvgIpc) is 2.48. The van der Waals surface area contributed by atoms with Gasteiger partial charge in [-0.1, -0.05) is 36.4 Å². The Morgan fingerprint density at radius 3 is 1.59 bits per heavy atom. The molecule has 0 spiro atoms. The van der Waals surface area contributed by atoms with Crippen LogP contribution in [-0.2, 0) is 4.79 Å². The van der Waals surface area contributed by atoms with Crippen LogP contribution in [0.1, 0.15) is 0 Å². The maximum atomic E-state index is 12.3. The number of halogens is 3. The molecule has 0 radical (unpaired) electrons. The molecule has 0 aliphatic carbocycles. The molecule has 0 fully saturated rings. The molecule has 1 N–H and O–H groups in total. The zero-order valence-corrected chi connectivity index (χ0v) is 11.2. The highest BCUT2D eigenvalue weighted by atomic mass is 19.4. The Hall–Kier alpha value is -2.83. The van der Waals surface area contributed by atoms with Crippen molar-refractivity contribution in [2.24, 2.45) is 0 Å². The molecule has 2 rings (SSSR count). The Balaban J connectivity index is 2.34. The number of carbonyl (C=O) groups is 2. The molecule has 0 aromatic heterocycles. The molecule has 4 nitrogen and oxygen atoms in total. The third-order valence-electron chi connectivity index (χ3n) is 2.71. The van der Waals surface area contributed by atoms with Crippen LogP contribution in [0.5, 0.6) is 0 Å². The normalized spacial score (nSPS) is 10.9. The number of alkyl halides is 3. The maximum absolute atomic E-state index is 12.3. The molecule has 0 unspecified atom stereocenters. The molecule has 0 saturated heterocycles. The van der Waals surface area contributed by atoms with Crippen molar-refractivity contribution in [2.45, 2.75) is 6.18 Å². The van der Waals surface area contributed by atoms with Crippen LogP contribution in [-0.4, -0.2) is 18.1 Å². The van der Waals surface area contributed by atoms with E-state index in [0.29, 0.717) is 11.4 Å². The molecule has 114 valence electrons. The molecule has 7 heteroatoms. The van der Waals surface area contributed by atoms with E-state index in [1.165, 1.54) is 5.32 Å². The van der Waals surface area contributed by atoms with Gasteiger partial charge in [-0.15, -0.1) is 0 Å². The summed E-state index contributed by atoms with van der Waals surface area (Å²) in [7, 11) is 0. The number of amides is 3. The number of rotatable bonds is 2. The Bertz CT molecular complexity index is 618. The van der Waals surface area contributed by atoms with Crippen LogP contribution in [0, 0.1) is 0 Å². The van der Waals surface area contributed by atoms with E-state index in [1.54, 1.807) is 60.7 Å². The number of imide groups is 1. The Morgan fingerprint density at radius 1 is 0.818 bits per heavy atom. The van der Waals surface area contributed by atoms with E-state index in [-0.39, 0.29) is 0 Å². The quantitative estimate of drug-likeness (QED) is 0.921. The van der Waals surface area contributed by atoms with Crippen molar-refractivity contribution in [3.05, 3.63) is 60.7 Å². The van der Waals surface area contributed by atoms with Gasteiger partial charge in [-0.3, -0.25) is 15.0 Å². The number of hydrogen-bond acceptors (Lipinski definition) is 2. The van der Waals surface area contributed by atoms with Crippen molar-refractivity contribution >= 4 is 23.3 Å². The number of nitrogens with zero attached hydrogens (tertiary/aromatic N) is 1. The largest absolute Gasteiger partial charge is 0.471 e. The summed E-state index contributed by atoms with van der Waals surface area (Å²) >= 11 is 0. The number of benzene rings is 2. The summed E-state index contributed by atoms with van der Waals surface area (Å²) in [5, 5.41) is 1.34. The van der Waals surface area contributed by atoms with E-state index in [4.69, 9.17) is 0 Å². The second kappa shape index (κ2) is 6.30. The monoisotopic (exact) mass is 308 g/mol. The molecular formula is C15H11F3N2O2. The minimum absolute atomic E-state index is 0.334. The Kier molecular flexibility index (Phi) is 4.45.